The Kier molecular flexibility index (Phi) is 4.49. The molecule has 0 saturated heterocycles. The largest absolute Gasteiger partial charge is 0.467 e. The lowest BCUT2D eigenvalue weighted by Gasteiger charge is -2.11. The van der Waals surface area contributed by atoms with E-state index < -0.39 is 0 Å². The molecule has 0 unspecified atom stereocenters. The smallest absolute Gasteiger partial charge is 0.229 e. The summed E-state index contributed by atoms with van der Waals surface area (Å²) < 4.78 is 7.62. The molecule has 4 rings (SSSR count). The predicted octanol–water partition coefficient (Wildman–Crippen LogP) is 1.92. The number of nitrogen functional groups attached to an aromatic ring is 1. The first kappa shape index (κ1) is 16.8. The van der Waals surface area contributed by atoms with Crippen LogP contribution in [0.2, 0.25) is 0 Å². The topological polar surface area (TPSA) is 112 Å². The third-order valence-corrected chi connectivity index (χ3v) is 4.96. The molecular weight excluding hydrogens is 352 g/mol. The third kappa shape index (κ3) is 3.64. The monoisotopic (exact) mass is 372 g/mol. The molecule has 26 heavy (non-hydrogen) atoms. The van der Waals surface area contributed by atoms with Gasteiger partial charge >= 0.3 is 0 Å². The molecule has 2 N–H and O–H groups in total. The number of rotatable bonds is 7. The zero-order valence-corrected chi connectivity index (χ0v) is 15.5. The van der Waals surface area contributed by atoms with E-state index in [0.717, 1.165) is 29.6 Å². The summed E-state index contributed by atoms with van der Waals surface area (Å²) in [6, 6.07) is 3.85. The molecule has 1 saturated carbocycles. The van der Waals surface area contributed by atoms with Crippen molar-refractivity contribution in [3.63, 3.8) is 0 Å². The van der Waals surface area contributed by atoms with E-state index in [4.69, 9.17) is 10.2 Å². The Morgan fingerprint density at radius 1 is 1.27 bits per heavy atom. The molecule has 136 valence electrons. The van der Waals surface area contributed by atoms with E-state index in [-0.39, 0.29) is 5.95 Å². The zero-order valence-electron chi connectivity index (χ0n) is 14.7. The van der Waals surface area contributed by atoms with Crippen LogP contribution in [0, 0.1) is 0 Å². The van der Waals surface area contributed by atoms with Crippen LogP contribution < -0.4 is 10.6 Å². The van der Waals surface area contributed by atoms with E-state index in [1.165, 1.54) is 11.8 Å². The van der Waals surface area contributed by atoms with Gasteiger partial charge in [0.05, 0.1) is 18.6 Å². The van der Waals surface area contributed by atoms with E-state index in [0.29, 0.717) is 30.0 Å². The van der Waals surface area contributed by atoms with Gasteiger partial charge in [0, 0.05) is 20.0 Å². The van der Waals surface area contributed by atoms with Gasteiger partial charge in [0.1, 0.15) is 17.4 Å². The summed E-state index contributed by atoms with van der Waals surface area (Å²) in [6.45, 7) is 0.621. The average Bonchev–Trinajstić information content (AvgIpc) is 3.17. The second-order valence-corrected chi connectivity index (χ2v) is 7.32. The van der Waals surface area contributed by atoms with Gasteiger partial charge < -0.3 is 15.1 Å². The van der Waals surface area contributed by atoms with E-state index in [2.05, 4.69) is 29.7 Å². The van der Waals surface area contributed by atoms with E-state index in [9.17, 15) is 0 Å². The normalized spacial score (nSPS) is 13.9. The first-order valence-corrected chi connectivity index (χ1v) is 9.34. The second-order valence-electron chi connectivity index (χ2n) is 6.37. The summed E-state index contributed by atoms with van der Waals surface area (Å²) in [4.78, 5) is 14.6. The van der Waals surface area contributed by atoms with Crippen LogP contribution in [0.25, 0.3) is 0 Å². The first-order chi connectivity index (χ1) is 12.6. The quantitative estimate of drug-likeness (QED) is 0.621. The van der Waals surface area contributed by atoms with Crippen LogP contribution >= 0.6 is 11.8 Å². The molecule has 3 heterocycles. The second kappa shape index (κ2) is 6.94. The highest BCUT2D eigenvalue weighted by atomic mass is 32.2. The van der Waals surface area contributed by atoms with E-state index in [1.807, 2.05) is 26.2 Å². The summed E-state index contributed by atoms with van der Waals surface area (Å²) in [5, 5.41) is 9.60. The fourth-order valence-corrected chi connectivity index (χ4v) is 3.38. The van der Waals surface area contributed by atoms with Crippen molar-refractivity contribution in [1.82, 2.24) is 29.7 Å². The number of hydrogen-bond donors (Lipinski definition) is 1. The summed E-state index contributed by atoms with van der Waals surface area (Å²) in [5.74, 6) is 4.32. The van der Waals surface area contributed by atoms with E-state index in [1.54, 1.807) is 11.2 Å². The molecule has 3 aromatic heterocycles. The molecule has 1 aliphatic carbocycles. The Bertz CT molecular complexity index is 888. The lowest BCUT2D eigenvalue weighted by Crippen LogP contribution is -2.16. The minimum absolute atomic E-state index is 0.218. The zero-order chi connectivity index (χ0) is 18.1. The third-order valence-electron chi connectivity index (χ3n) is 4.00. The Morgan fingerprint density at radius 3 is 2.81 bits per heavy atom. The number of nitrogens with zero attached hydrogens (tertiary/aromatic N) is 7. The van der Waals surface area contributed by atoms with Gasteiger partial charge in [-0.05, 0) is 25.0 Å². The highest BCUT2D eigenvalue weighted by Crippen LogP contribution is 2.40. The molecule has 3 aromatic rings. The lowest BCUT2D eigenvalue weighted by atomic mass is 10.3. The van der Waals surface area contributed by atoms with Crippen molar-refractivity contribution in [2.24, 2.45) is 0 Å². The number of hydrogen-bond acceptors (Lipinski definition) is 9. The van der Waals surface area contributed by atoms with Crippen molar-refractivity contribution in [1.29, 1.82) is 0 Å². The molecule has 1 aliphatic rings. The fourth-order valence-electron chi connectivity index (χ4n) is 2.58. The van der Waals surface area contributed by atoms with Crippen molar-refractivity contribution >= 4 is 23.7 Å². The van der Waals surface area contributed by atoms with Gasteiger partial charge in [0.25, 0.3) is 0 Å². The molecule has 0 bridgehead atoms. The maximum Gasteiger partial charge on any atom is 0.229 e. The van der Waals surface area contributed by atoms with Crippen molar-refractivity contribution in [2.45, 2.75) is 36.2 Å². The first-order valence-electron chi connectivity index (χ1n) is 8.36. The summed E-state index contributed by atoms with van der Waals surface area (Å²) in [7, 11) is 3.74. The molecule has 1 fully saturated rings. The molecular formula is C16H20N8OS. The van der Waals surface area contributed by atoms with Crippen LogP contribution in [0.4, 0.5) is 11.9 Å². The Labute approximate surface area is 155 Å². The van der Waals surface area contributed by atoms with Crippen molar-refractivity contribution in [2.75, 3.05) is 24.7 Å². The number of thioether (sulfide) groups is 1. The van der Waals surface area contributed by atoms with Crippen LogP contribution in [0.3, 0.4) is 0 Å². The lowest BCUT2D eigenvalue weighted by molar-refractivity contribution is 0.478. The summed E-state index contributed by atoms with van der Waals surface area (Å²) in [6.07, 6.45) is 4.01. The van der Waals surface area contributed by atoms with Crippen molar-refractivity contribution in [3.05, 3.63) is 35.8 Å². The fraction of sp³-hybridized carbons (Fsp3) is 0.438. The van der Waals surface area contributed by atoms with Crippen molar-refractivity contribution < 1.29 is 4.42 Å². The molecule has 0 spiro atoms. The van der Waals surface area contributed by atoms with Gasteiger partial charge in [0.15, 0.2) is 5.16 Å². The Balaban J connectivity index is 1.55. The van der Waals surface area contributed by atoms with Gasteiger partial charge in [-0.1, -0.05) is 11.8 Å². The number of anilines is 2. The van der Waals surface area contributed by atoms with Crippen LogP contribution in [0.5, 0.6) is 0 Å². The molecule has 0 aromatic carbocycles. The van der Waals surface area contributed by atoms with Crippen LogP contribution in [-0.2, 0) is 12.3 Å². The minimum atomic E-state index is 0.218. The summed E-state index contributed by atoms with van der Waals surface area (Å²) in [5.41, 5.74) is 5.79. The minimum Gasteiger partial charge on any atom is -0.467 e. The van der Waals surface area contributed by atoms with E-state index >= 15 is 0 Å². The molecule has 0 aliphatic heterocycles. The highest BCUT2D eigenvalue weighted by molar-refractivity contribution is 7.98. The average molecular weight is 372 g/mol. The SMILES string of the molecule is CN(C)c1nc(N)nc(CSc2nnc(C3CC3)n2Cc2ccco2)n1. The number of furan rings is 1. The Morgan fingerprint density at radius 2 is 2.12 bits per heavy atom. The van der Waals surface area contributed by atoms with Crippen LogP contribution in [-0.4, -0.2) is 43.8 Å². The molecule has 0 amide bonds. The van der Waals surface area contributed by atoms with Gasteiger partial charge in [-0.3, -0.25) is 4.57 Å². The molecule has 0 radical (unpaired) electrons. The highest BCUT2D eigenvalue weighted by Gasteiger charge is 2.30. The van der Waals surface area contributed by atoms with Crippen LogP contribution in [0.15, 0.2) is 28.0 Å². The van der Waals surface area contributed by atoms with Gasteiger partial charge in [-0.15, -0.1) is 10.2 Å². The molecule has 10 heteroatoms. The summed E-state index contributed by atoms with van der Waals surface area (Å²) >= 11 is 1.54. The predicted molar refractivity (Wildman–Crippen MR) is 97.9 cm³/mol. The molecule has 0 atom stereocenters. The number of nitrogens with two attached hydrogens (primary N) is 1. The van der Waals surface area contributed by atoms with Crippen LogP contribution in [0.1, 0.15) is 36.2 Å². The Hall–Kier alpha value is -2.62. The molecule has 9 nitrogen and oxygen atoms in total. The number of aromatic nitrogens is 6. The van der Waals surface area contributed by atoms with Gasteiger partial charge in [-0.2, -0.15) is 15.0 Å². The van der Waals surface area contributed by atoms with Gasteiger partial charge in [0.2, 0.25) is 11.9 Å². The maximum absolute atomic E-state index is 5.79. The van der Waals surface area contributed by atoms with Crippen molar-refractivity contribution in [3.8, 4) is 0 Å². The van der Waals surface area contributed by atoms with Gasteiger partial charge in [-0.25, -0.2) is 0 Å². The maximum atomic E-state index is 5.79. The standard InChI is InChI=1S/C16H20N8OS/c1-23(2)15-19-12(18-14(17)20-15)9-26-16-22-21-13(10-5-6-10)24(16)8-11-4-3-7-25-11/h3-4,7,10H,5-6,8-9H2,1-2H3,(H2,17,18,19,20).